The van der Waals surface area contributed by atoms with Crippen molar-refractivity contribution in [2.45, 2.75) is 19.4 Å². The summed E-state index contributed by atoms with van der Waals surface area (Å²) in [7, 11) is -2.70. The number of ketones is 1. The third kappa shape index (κ3) is 2.65. The number of hydrogen-bond acceptors (Lipinski definition) is 5. The Bertz CT molecular complexity index is 805. The second-order valence-corrected chi connectivity index (χ2v) is 7.40. The summed E-state index contributed by atoms with van der Waals surface area (Å²) < 4.78 is 56.6. The van der Waals surface area contributed by atoms with Gasteiger partial charge in [-0.3, -0.25) is 4.79 Å². The molecule has 126 valence electrons. The molecular formula is C14H15F2NO5S. The van der Waals surface area contributed by atoms with Crippen molar-refractivity contribution in [3.05, 3.63) is 47.0 Å². The molecule has 1 aromatic carbocycles. The van der Waals surface area contributed by atoms with Gasteiger partial charge < -0.3 is 9.84 Å². The first kappa shape index (κ1) is 17.2. The van der Waals surface area contributed by atoms with Gasteiger partial charge in [0, 0.05) is 18.7 Å². The first-order valence-corrected chi connectivity index (χ1v) is 8.24. The zero-order valence-corrected chi connectivity index (χ0v) is 13.4. The Hall–Kier alpha value is -2.16. The molecule has 0 aromatic heterocycles. The molecule has 0 saturated carbocycles. The summed E-state index contributed by atoms with van der Waals surface area (Å²) in [5.74, 6) is -4.73. The Balaban J connectivity index is 2.49. The van der Waals surface area contributed by atoms with Crippen LogP contribution in [0.3, 0.4) is 0 Å². The highest BCUT2D eigenvalue weighted by molar-refractivity contribution is 7.89. The zero-order valence-electron chi connectivity index (χ0n) is 12.6. The summed E-state index contributed by atoms with van der Waals surface area (Å²) in [6.07, 6.45) is 0. The number of nitrogens with zero attached hydrogens (tertiary/aromatic N) is 1. The fourth-order valence-corrected chi connectivity index (χ4v) is 2.96. The lowest BCUT2D eigenvalue weighted by molar-refractivity contribution is -0.132. The SMILES string of the molecule is CCS(=O)(=O)N(C)C1=C(O)C(=O)C(C)(c2ccc(F)cc2F)O1. The van der Waals surface area contributed by atoms with Crippen molar-refractivity contribution in [2.75, 3.05) is 12.8 Å². The van der Waals surface area contributed by atoms with Crippen molar-refractivity contribution in [3.8, 4) is 0 Å². The first-order valence-electron chi connectivity index (χ1n) is 6.63. The number of rotatable bonds is 4. The largest absolute Gasteiger partial charge is 0.501 e. The molecule has 0 saturated heterocycles. The van der Waals surface area contributed by atoms with Gasteiger partial charge in [0.2, 0.25) is 21.4 Å². The van der Waals surface area contributed by atoms with Crippen molar-refractivity contribution in [2.24, 2.45) is 0 Å². The number of carbonyl (C=O) groups excluding carboxylic acids is 1. The number of hydrogen-bond donors (Lipinski definition) is 1. The number of carbonyl (C=O) groups is 1. The van der Waals surface area contributed by atoms with Crippen LogP contribution in [0.25, 0.3) is 0 Å². The summed E-state index contributed by atoms with van der Waals surface area (Å²) in [5.41, 5.74) is -2.30. The average molecular weight is 347 g/mol. The maximum Gasteiger partial charge on any atom is 0.251 e. The van der Waals surface area contributed by atoms with E-state index in [0.717, 1.165) is 19.2 Å². The summed E-state index contributed by atoms with van der Waals surface area (Å²) in [6.45, 7) is 2.54. The van der Waals surface area contributed by atoms with E-state index in [1.165, 1.54) is 13.8 Å². The fourth-order valence-electron chi connectivity index (χ4n) is 2.20. The van der Waals surface area contributed by atoms with Gasteiger partial charge in [0.1, 0.15) is 11.6 Å². The van der Waals surface area contributed by atoms with E-state index in [1.807, 2.05) is 0 Å². The molecule has 1 aromatic rings. The highest BCUT2D eigenvalue weighted by atomic mass is 32.2. The normalized spacial score (nSPS) is 21.5. The van der Waals surface area contributed by atoms with Gasteiger partial charge in [0.15, 0.2) is 0 Å². The number of Topliss-reactive ketones (excluding diaryl/α,β-unsaturated/α-hetero) is 1. The van der Waals surface area contributed by atoms with E-state index in [2.05, 4.69) is 0 Å². The van der Waals surface area contributed by atoms with Gasteiger partial charge in [0.05, 0.1) is 5.75 Å². The fraction of sp³-hybridized carbons (Fsp3) is 0.357. The van der Waals surface area contributed by atoms with Crippen LogP contribution in [-0.2, 0) is 25.2 Å². The van der Waals surface area contributed by atoms with Crippen LogP contribution < -0.4 is 0 Å². The van der Waals surface area contributed by atoms with Crippen molar-refractivity contribution < 1.29 is 31.8 Å². The molecule has 1 unspecified atom stereocenters. The minimum absolute atomic E-state index is 0.292. The maximum atomic E-state index is 14.0. The van der Waals surface area contributed by atoms with Crippen molar-refractivity contribution in [1.82, 2.24) is 4.31 Å². The lowest BCUT2D eigenvalue weighted by Gasteiger charge is -2.26. The lowest BCUT2D eigenvalue weighted by Crippen LogP contribution is -2.34. The Morgan fingerprint density at radius 1 is 1.35 bits per heavy atom. The van der Waals surface area contributed by atoms with Gasteiger partial charge in [-0.15, -0.1) is 0 Å². The molecule has 2 rings (SSSR count). The summed E-state index contributed by atoms with van der Waals surface area (Å²) in [4.78, 5) is 12.3. The highest BCUT2D eigenvalue weighted by Gasteiger charge is 2.51. The molecule has 1 N–H and O–H groups in total. The third-order valence-electron chi connectivity index (χ3n) is 3.66. The molecule has 0 aliphatic carbocycles. The van der Waals surface area contributed by atoms with Gasteiger partial charge in [0.25, 0.3) is 11.7 Å². The molecular weight excluding hydrogens is 332 g/mol. The van der Waals surface area contributed by atoms with E-state index < -0.39 is 44.7 Å². The van der Waals surface area contributed by atoms with Gasteiger partial charge in [-0.2, -0.15) is 0 Å². The molecule has 6 nitrogen and oxygen atoms in total. The molecule has 0 fully saturated rings. The van der Waals surface area contributed by atoms with Crippen LogP contribution in [0.1, 0.15) is 19.4 Å². The van der Waals surface area contributed by atoms with E-state index in [0.29, 0.717) is 10.4 Å². The minimum Gasteiger partial charge on any atom is -0.501 e. The molecule has 23 heavy (non-hydrogen) atoms. The monoisotopic (exact) mass is 347 g/mol. The van der Waals surface area contributed by atoms with Crippen LogP contribution in [0.4, 0.5) is 8.78 Å². The number of ether oxygens (including phenoxy) is 1. The summed E-state index contributed by atoms with van der Waals surface area (Å²) >= 11 is 0. The van der Waals surface area contributed by atoms with E-state index in [-0.39, 0.29) is 11.3 Å². The quantitative estimate of drug-likeness (QED) is 0.898. The standard InChI is InChI=1S/C14H15F2NO5S/c1-4-23(20,21)17(3)13-11(18)12(19)14(2,22-13)9-6-5-8(15)7-10(9)16/h5-7,18H,4H2,1-3H3. The van der Waals surface area contributed by atoms with E-state index in [9.17, 15) is 27.1 Å². The maximum absolute atomic E-state index is 14.0. The van der Waals surface area contributed by atoms with Gasteiger partial charge >= 0.3 is 0 Å². The van der Waals surface area contributed by atoms with Gasteiger partial charge in [-0.25, -0.2) is 21.5 Å². The Morgan fingerprint density at radius 3 is 2.48 bits per heavy atom. The van der Waals surface area contributed by atoms with Crippen LogP contribution in [0.15, 0.2) is 29.8 Å². The number of aliphatic hydroxyl groups excluding tert-OH is 1. The summed E-state index contributed by atoms with van der Waals surface area (Å²) in [5, 5.41) is 9.93. The van der Waals surface area contributed by atoms with Crippen molar-refractivity contribution in [1.29, 1.82) is 0 Å². The summed E-state index contributed by atoms with van der Waals surface area (Å²) in [6, 6.07) is 2.51. The average Bonchev–Trinajstić information content (AvgIpc) is 2.71. The van der Waals surface area contributed by atoms with Crippen LogP contribution in [-0.4, -0.2) is 36.4 Å². The number of benzene rings is 1. The predicted octanol–water partition coefficient (Wildman–Crippen LogP) is 1.79. The van der Waals surface area contributed by atoms with E-state index >= 15 is 0 Å². The third-order valence-corrected chi connectivity index (χ3v) is 5.39. The zero-order chi connectivity index (χ0) is 17.6. The predicted molar refractivity (Wildman–Crippen MR) is 76.7 cm³/mol. The molecule has 1 aliphatic rings. The molecule has 1 heterocycles. The number of sulfonamides is 1. The van der Waals surface area contributed by atoms with Crippen molar-refractivity contribution in [3.63, 3.8) is 0 Å². The Morgan fingerprint density at radius 2 is 1.96 bits per heavy atom. The Labute approximate surface area is 132 Å². The van der Waals surface area contributed by atoms with Crippen LogP contribution in [0.2, 0.25) is 0 Å². The lowest BCUT2D eigenvalue weighted by atomic mass is 9.91. The van der Waals surface area contributed by atoms with E-state index in [4.69, 9.17) is 4.74 Å². The van der Waals surface area contributed by atoms with Crippen LogP contribution in [0, 0.1) is 11.6 Å². The smallest absolute Gasteiger partial charge is 0.251 e. The molecule has 0 radical (unpaired) electrons. The van der Waals surface area contributed by atoms with Crippen LogP contribution >= 0.6 is 0 Å². The van der Waals surface area contributed by atoms with Gasteiger partial charge in [-0.1, -0.05) is 0 Å². The Kier molecular flexibility index (Phi) is 4.10. The number of aliphatic hydroxyl groups is 1. The molecule has 0 spiro atoms. The molecule has 0 amide bonds. The second-order valence-electron chi connectivity index (χ2n) is 5.11. The second kappa shape index (κ2) is 5.48. The van der Waals surface area contributed by atoms with Gasteiger partial charge in [-0.05, 0) is 26.0 Å². The molecule has 9 heteroatoms. The minimum atomic E-state index is -3.80. The molecule has 1 atom stereocenters. The molecule has 0 bridgehead atoms. The number of halogens is 2. The van der Waals surface area contributed by atoms with E-state index in [1.54, 1.807) is 0 Å². The topological polar surface area (TPSA) is 83.9 Å². The first-order chi connectivity index (χ1) is 10.5. The highest BCUT2D eigenvalue weighted by Crippen LogP contribution is 2.40. The van der Waals surface area contributed by atoms with Crippen LogP contribution in [0.5, 0.6) is 0 Å². The van der Waals surface area contributed by atoms with Crippen molar-refractivity contribution >= 4 is 15.8 Å². The molecule has 1 aliphatic heterocycles.